The van der Waals surface area contributed by atoms with E-state index in [0.29, 0.717) is 6.29 Å². The Morgan fingerprint density at radius 2 is 2.00 bits per heavy atom. The number of hydrogen-bond acceptors (Lipinski definition) is 4. The molecule has 1 atom stereocenters. The minimum absolute atomic E-state index is 0.647. The zero-order valence-corrected chi connectivity index (χ0v) is 11.8. The molecule has 19 heavy (non-hydrogen) atoms. The van der Waals surface area contributed by atoms with E-state index >= 15 is 0 Å². The first-order chi connectivity index (χ1) is 9.24. The molecular weight excluding hydrogens is 240 g/mol. The number of carbonyl (C=O) groups is 1. The van der Waals surface area contributed by atoms with Crippen molar-refractivity contribution in [2.24, 2.45) is 0 Å². The minimum atomic E-state index is -0.647. The molecule has 0 bridgehead atoms. The van der Waals surface area contributed by atoms with Crippen molar-refractivity contribution in [2.45, 2.75) is 39.3 Å². The standard InChI is InChI=1S/C15H24N2O2/c1-3-8-17(9-4-2)11-13-6-5-7-14(10-13)15(12-18)16-19/h5-7,10,12,15-16,19H,3-4,8-9,11H2,1-2H3. The number of rotatable bonds is 9. The van der Waals surface area contributed by atoms with Crippen LogP contribution in [-0.4, -0.2) is 29.5 Å². The van der Waals surface area contributed by atoms with E-state index < -0.39 is 6.04 Å². The quantitative estimate of drug-likeness (QED) is 0.531. The third kappa shape index (κ3) is 5.11. The summed E-state index contributed by atoms with van der Waals surface area (Å²) < 4.78 is 0. The second-order valence-corrected chi connectivity index (χ2v) is 4.76. The van der Waals surface area contributed by atoms with E-state index in [2.05, 4.69) is 24.8 Å². The number of nitrogens with one attached hydrogen (secondary N) is 1. The number of nitrogens with zero attached hydrogens (tertiary/aromatic N) is 1. The molecule has 0 saturated heterocycles. The molecule has 0 amide bonds. The van der Waals surface area contributed by atoms with Gasteiger partial charge < -0.3 is 10.0 Å². The van der Waals surface area contributed by atoms with Crippen LogP contribution in [-0.2, 0) is 11.3 Å². The highest BCUT2D eigenvalue weighted by Gasteiger charge is 2.10. The SMILES string of the molecule is CCCN(CCC)Cc1cccc(C(C=O)NO)c1. The summed E-state index contributed by atoms with van der Waals surface area (Å²) in [5.41, 5.74) is 3.98. The molecule has 1 aromatic rings. The first-order valence-corrected chi connectivity index (χ1v) is 6.91. The first-order valence-electron chi connectivity index (χ1n) is 6.91. The third-order valence-corrected chi connectivity index (χ3v) is 3.07. The van der Waals surface area contributed by atoms with Gasteiger partial charge in [0.2, 0.25) is 0 Å². The van der Waals surface area contributed by atoms with Crippen molar-refractivity contribution in [1.29, 1.82) is 0 Å². The summed E-state index contributed by atoms with van der Waals surface area (Å²) >= 11 is 0. The van der Waals surface area contributed by atoms with Gasteiger partial charge in [-0.3, -0.25) is 4.90 Å². The lowest BCUT2D eigenvalue weighted by atomic mass is 10.0. The molecule has 0 spiro atoms. The molecular formula is C15H24N2O2. The fourth-order valence-corrected chi connectivity index (χ4v) is 2.23. The Morgan fingerprint density at radius 1 is 1.32 bits per heavy atom. The summed E-state index contributed by atoms with van der Waals surface area (Å²) in [6.07, 6.45) is 2.97. The Balaban J connectivity index is 2.77. The molecule has 0 saturated carbocycles. The van der Waals surface area contributed by atoms with E-state index in [9.17, 15) is 4.79 Å². The number of hydroxylamine groups is 1. The molecule has 1 aromatic carbocycles. The molecule has 0 aliphatic carbocycles. The topological polar surface area (TPSA) is 52.6 Å². The van der Waals surface area contributed by atoms with E-state index in [4.69, 9.17) is 5.21 Å². The van der Waals surface area contributed by atoms with Gasteiger partial charge in [-0.15, -0.1) is 0 Å². The number of hydrogen-bond donors (Lipinski definition) is 2. The molecule has 106 valence electrons. The van der Waals surface area contributed by atoms with Gasteiger partial charge in [0, 0.05) is 6.54 Å². The molecule has 0 aliphatic rings. The van der Waals surface area contributed by atoms with Crippen LogP contribution in [0, 0.1) is 0 Å². The van der Waals surface area contributed by atoms with E-state index in [-0.39, 0.29) is 0 Å². The van der Waals surface area contributed by atoms with Crippen molar-refractivity contribution in [1.82, 2.24) is 10.4 Å². The first kappa shape index (κ1) is 15.8. The molecule has 0 aliphatic heterocycles. The lowest BCUT2D eigenvalue weighted by molar-refractivity contribution is -0.111. The van der Waals surface area contributed by atoms with Crippen LogP contribution in [0.3, 0.4) is 0 Å². The minimum Gasteiger partial charge on any atom is -0.316 e. The molecule has 4 nitrogen and oxygen atoms in total. The second kappa shape index (κ2) is 8.80. The van der Waals surface area contributed by atoms with Crippen LogP contribution in [0.5, 0.6) is 0 Å². The van der Waals surface area contributed by atoms with Crippen molar-refractivity contribution in [3.8, 4) is 0 Å². The lowest BCUT2D eigenvalue weighted by Gasteiger charge is -2.21. The molecule has 0 aromatic heterocycles. The fourth-order valence-electron chi connectivity index (χ4n) is 2.23. The van der Waals surface area contributed by atoms with Gasteiger partial charge in [0.25, 0.3) is 0 Å². The summed E-state index contributed by atoms with van der Waals surface area (Å²) in [5, 5.41) is 8.93. The summed E-state index contributed by atoms with van der Waals surface area (Å²) in [4.78, 5) is 13.2. The van der Waals surface area contributed by atoms with E-state index in [1.54, 1.807) is 0 Å². The van der Waals surface area contributed by atoms with Gasteiger partial charge in [-0.1, -0.05) is 38.1 Å². The molecule has 0 radical (unpaired) electrons. The van der Waals surface area contributed by atoms with Crippen molar-refractivity contribution < 1.29 is 10.0 Å². The van der Waals surface area contributed by atoms with Crippen molar-refractivity contribution in [3.63, 3.8) is 0 Å². The highest BCUT2D eigenvalue weighted by molar-refractivity contribution is 5.61. The summed E-state index contributed by atoms with van der Waals surface area (Å²) in [5.74, 6) is 0. The van der Waals surface area contributed by atoms with Crippen LogP contribution in [0.4, 0.5) is 0 Å². The molecule has 2 N–H and O–H groups in total. The smallest absolute Gasteiger partial charge is 0.143 e. The third-order valence-electron chi connectivity index (χ3n) is 3.07. The second-order valence-electron chi connectivity index (χ2n) is 4.76. The van der Waals surface area contributed by atoms with Gasteiger partial charge in [0.1, 0.15) is 12.3 Å². The van der Waals surface area contributed by atoms with Crippen LogP contribution < -0.4 is 5.48 Å². The Bertz CT molecular complexity index is 376. The van der Waals surface area contributed by atoms with Gasteiger partial charge in [0.05, 0.1) is 0 Å². The number of aldehydes is 1. The van der Waals surface area contributed by atoms with Gasteiger partial charge >= 0.3 is 0 Å². The largest absolute Gasteiger partial charge is 0.316 e. The van der Waals surface area contributed by atoms with Crippen LogP contribution in [0.15, 0.2) is 24.3 Å². The summed E-state index contributed by atoms with van der Waals surface area (Å²) in [6, 6.07) is 7.15. The molecule has 0 heterocycles. The maximum absolute atomic E-state index is 10.8. The van der Waals surface area contributed by atoms with Gasteiger partial charge in [-0.25, -0.2) is 0 Å². The van der Waals surface area contributed by atoms with Gasteiger partial charge in [0.15, 0.2) is 0 Å². The van der Waals surface area contributed by atoms with E-state index in [1.165, 1.54) is 5.56 Å². The fraction of sp³-hybridized carbons (Fsp3) is 0.533. The maximum atomic E-state index is 10.8. The van der Waals surface area contributed by atoms with Crippen molar-refractivity contribution >= 4 is 6.29 Å². The Labute approximate surface area is 115 Å². The average Bonchev–Trinajstić information content (AvgIpc) is 2.41. The molecule has 0 fully saturated rings. The van der Waals surface area contributed by atoms with Crippen molar-refractivity contribution in [2.75, 3.05) is 13.1 Å². The average molecular weight is 264 g/mol. The monoisotopic (exact) mass is 264 g/mol. The Morgan fingerprint density at radius 3 is 2.53 bits per heavy atom. The number of carbonyl (C=O) groups excluding carboxylic acids is 1. The molecule has 1 unspecified atom stereocenters. The lowest BCUT2D eigenvalue weighted by Crippen LogP contribution is -2.25. The van der Waals surface area contributed by atoms with Crippen LogP contribution in [0.25, 0.3) is 0 Å². The summed E-state index contributed by atoms with van der Waals surface area (Å²) in [6.45, 7) is 7.39. The predicted octanol–water partition coefficient (Wildman–Crippen LogP) is 2.53. The van der Waals surface area contributed by atoms with Gasteiger partial charge in [-0.05, 0) is 37.1 Å². The van der Waals surface area contributed by atoms with Crippen molar-refractivity contribution in [3.05, 3.63) is 35.4 Å². The zero-order valence-electron chi connectivity index (χ0n) is 11.8. The van der Waals surface area contributed by atoms with E-state index in [1.807, 2.05) is 23.7 Å². The normalized spacial score (nSPS) is 12.6. The highest BCUT2D eigenvalue weighted by atomic mass is 16.5. The van der Waals surface area contributed by atoms with Crippen LogP contribution in [0.2, 0.25) is 0 Å². The zero-order chi connectivity index (χ0) is 14.1. The maximum Gasteiger partial charge on any atom is 0.143 e. The predicted molar refractivity (Wildman–Crippen MR) is 76.0 cm³/mol. The van der Waals surface area contributed by atoms with E-state index in [0.717, 1.165) is 38.0 Å². The molecule has 4 heteroatoms. The number of benzene rings is 1. The molecule has 1 rings (SSSR count). The highest BCUT2D eigenvalue weighted by Crippen LogP contribution is 2.14. The summed E-state index contributed by atoms with van der Waals surface area (Å²) in [7, 11) is 0. The van der Waals surface area contributed by atoms with Gasteiger partial charge in [-0.2, -0.15) is 5.48 Å². The van der Waals surface area contributed by atoms with Crippen LogP contribution >= 0.6 is 0 Å². The van der Waals surface area contributed by atoms with Crippen LogP contribution in [0.1, 0.15) is 43.9 Å². The Kier molecular flexibility index (Phi) is 7.33. The Hall–Kier alpha value is -1.23.